The Bertz CT molecular complexity index is 1130. The van der Waals surface area contributed by atoms with Crippen molar-refractivity contribution in [3.05, 3.63) is 28.9 Å². The second kappa shape index (κ2) is 8.60. The molecule has 170 valence electrons. The van der Waals surface area contributed by atoms with Crippen molar-refractivity contribution in [2.75, 3.05) is 45.1 Å². The van der Waals surface area contributed by atoms with Crippen molar-refractivity contribution >= 4 is 34.3 Å². The molecule has 1 aliphatic heterocycles. The van der Waals surface area contributed by atoms with Crippen LogP contribution in [0, 0.1) is 6.92 Å². The van der Waals surface area contributed by atoms with Crippen molar-refractivity contribution in [2.24, 2.45) is 0 Å². The molecule has 0 spiro atoms. The lowest BCUT2D eigenvalue weighted by molar-refractivity contribution is -0.0133. The molecule has 1 aromatic carbocycles. The lowest BCUT2D eigenvalue weighted by Crippen LogP contribution is -2.44. The molecule has 0 atom stereocenters. The van der Waals surface area contributed by atoms with Gasteiger partial charge in [0.1, 0.15) is 17.0 Å². The van der Waals surface area contributed by atoms with Gasteiger partial charge in [0, 0.05) is 49.0 Å². The van der Waals surface area contributed by atoms with Crippen LogP contribution >= 0.6 is 11.6 Å². The van der Waals surface area contributed by atoms with Gasteiger partial charge < -0.3 is 24.8 Å². The third-order valence-corrected chi connectivity index (χ3v) is 6.69. The smallest absolute Gasteiger partial charge is 0.220 e. The van der Waals surface area contributed by atoms with Gasteiger partial charge in [0.2, 0.25) is 5.95 Å². The second-order valence-corrected chi connectivity index (χ2v) is 8.61. The predicted molar refractivity (Wildman–Crippen MR) is 127 cm³/mol. The minimum absolute atomic E-state index is 0.141. The fourth-order valence-electron chi connectivity index (χ4n) is 4.15. The van der Waals surface area contributed by atoms with Crippen LogP contribution in [0.2, 0.25) is 5.02 Å². The number of piperidine rings is 1. The summed E-state index contributed by atoms with van der Waals surface area (Å²) in [5.74, 6) is 2.16. The Labute approximate surface area is 192 Å². The molecular weight excluding hydrogens is 430 g/mol. The van der Waals surface area contributed by atoms with Crippen molar-refractivity contribution in [3.8, 4) is 22.8 Å². The van der Waals surface area contributed by atoms with E-state index in [9.17, 15) is 0 Å². The maximum absolute atomic E-state index is 6.75. The zero-order valence-electron chi connectivity index (χ0n) is 19.0. The molecular formula is C23H28ClN5O3. The first-order valence-corrected chi connectivity index (χ1v) is 10.8. The number of ether oxygens (including phenoxy) is 3. The van der Waals surface area contributed by atoms with Crippen molar-refractivity contribution in [2.45, 2.75) is 32.3 Å². The molecule has 2 N–H and O–H groups in total. The van der Waals surface area contributed by atoms with E-state index in [1.807, 2.05) is 13.0 Å². The highest BCUT2D eigenvalue weighted by atomic mass is 35.5. The van der Waals surface area contributed by atoms with Crippen LogP contribution in [0.5, 0.6) is 11.5 Å². The molecule has 0 unspecified atom stereocenters. The molecule has 9 heteroatoms. The maximum atomic E-state index is 6.75. The standard InChI is InChI=1S/C23H28ClN5O3/c1-13-16(30-3)11-17(31-4)19(24)18(13)15-10-14-12-26-22(25)28-20(14)21(27-15)29-8-6-23(2,32-5)7-9-29/h10-12H,6-9H2,1-5H3,(H2,25,26,28). The van der Waals surface area contributed by atoms with E-state index in [0.717, 1.165) is 48.3 Å². The van der Waals surface area contributed by atoms with Gasteiger partial charge in [-0.25, -0.2) is 15.0 Å². The molecule has 0 bridgehead atoms. The van der Waals surface area contributed by atoms with Crippen LogP contribution < -0.4 is 20.1 Å². The quantitative estimate of drug-likeness (QED) is 0.607. The zero-order chi connectivity index (χ0) is 23.0. The molecule has 0 saturated carbocycles. The van der Waals surface area contributed by atoms with E-state index in [1.165, 1.54) is 0 Å². The molecule has 2 aromatic heterocycles. The first-order chi connectivity index (χ1) is 15.3. The zero-order valence-corrected chi connectivity index (χ0v) is 19.8. The first kappa shape index (κ1) is 22.4. The number of benzene rings is 1. The number of anilines is 2. The summed E-state index contributed by atoms with van der Waals surface area (Å²) >= 11 is 6.75. The van der Waals surface area contributed by atoms with Gasteiger partial charge in [0.05, 0.1) is 30.5 Å². The third-order valence-electron chi connectivity index (χ3n) is 6.32. The average Bonchev–Trinajstić information content (AvgIpc) is 2.79. The number of pyridine rings is 1. The summed E-state index contributed by atoms with van der Waals surface area (Å²) in [5.41, 5.74) is 8.81. The Balaban J connectivity index is 1.91. The van der Waals surface area contributed by atoms with Gasteiger partial charge in [-0.3, -0.25) is 0 Å². The summed E-state index contributed by atoms with van der Waals surface area (Å²) in [4.78, 5) is 15.9. The van der Waals surface area contributed by atoms with Crippen LogP contribution in [-0.4, -0.2) is 55.0 Å². The molecule has 32 heavy (non-hydrogen) atoms. The van der Waals surface area contributed by atoms with Crippen LogP contribution in [0.1, 0.15) is 25.3 Å². The predicted octanol–water partition coefficient (Wildman–Crippen LogP) is 4.26. The largest absolute Gasteiger partial charge is 0.496 e. The summed E-state index contributed by atoms with van der Waals surface area (Å²) in [6.45, 7) is 5.66. The Kier molecular flexibility index (Phi) is 6.01. The van der Waals surface area contributed by atoms with Gasteiger partial charge in [-0.2, -0.15) is 0 Å². The number of nitrogens with zero attached hydrogens (tertiary/aromatic N) is 4. The molecule has 3 aromatic rings. The van der Waals surface area contributed by atoms with E-state index in [1.54, 1.807) is 33.6 Å². The number of hydrogen-bond donors (Lipinski definition) is 1. The van der Waals surface area contributed by atoms with E-state index < -0.39 is 0 Å². The van der Waals surface area contributed by atoms with Gasteiger partial charge in [-0.05, 0) is 32.8 Å². The van der Waals surface area contributed by atoms with E-state index in [0.29, 0.717) is 27.7 Å². The van der Waals surface area contributed by atoms with Crippen LogP contribution in [-0.2, 0) is 4.74 Å². The minimum Gasteiger partial charge on any atom is -0.496 e. The van der Waals surface area contributed by atoms with Crippen molar-refractivity contribution in [1.29, 1.82) is 0 Å². The number of fused-ring (bicyclic) bond motifs is 1. The van der Waals surface area contributed by atoms with Crippen LogP contribution in [0.25, 0.3) is 22.2 Å². The maximum Gasteiger partial charge on any atom is 0.220 e. The SMILES string of the molecule is COc1cc(OC)c(Cl)c(-c2cc3cnc(N)nc3c(N3CCC(C)(OC)CC3)n2)c1C. The van der Waals surface area contributed by atoms with Gasteiger partial charge in [0.15, 0.2) is 5.82 Å². The molecule has 8 nitrogen and oxygen atoms in total. The molecule has 1 fully saturated rings. The molecule has 0 aliphatic carbocycles. The summed E-state index contributed by atoms with van der Waals surface area (Å²) in [6.07, 6.45) is 3.48. The van der Waals surface area contributed by atoms with Crippen LogP contribution in [0.15, 0.2) is 18.3 Å². The topological polar surface area (TPSA) is 95.6 Å². The highest BCUT2D eigenvalue weighted by Crippen LogP contribution is 2.43. The minimum atomic E-state index is -0.141. The number of nitrogens with two attached hydrogens (primary N) is 1. The summed E-state index contributed by atoms with van der Waals surface area (Å²) in [6, 6.07) is 3.71. The molecule has 0 amide bonds. The number of nitrogen functional groups attached to an aromatic ring is 1. The van der Waals surface area contributed by atoms with Crippen molar-refractivity contribution in [1.82, 2.24) is 15.0 Å². The lowest BCUT2D eigenvalue weighted by Gasteiger charge is -2.39. The van der Waals surface area contributed by atoms with E-state index >= 15 is 0 Å². The number of methoxy groups -OCH3 is 3. The van der Waals surface area contributed by atoms with Gasteiger partial charge >= 0.3 is 0 Å². The fraction of sp³-hybridized carbons (Fsp3) is 0.435. The van der Waals surface area contributed by atoms with Gasteiger partial charge in [-0.15, -0.1) is 0 Å². The highest BCUT2D eigenvalue weighted by Gasteiger charge is 2.31. The van der Waals surface area contributed by atoms with Gasteiger partial charge in [0.25, 0.3) is 0 Å². The van der Waals surface area contributed by atoms with E-state index in [4.69, 9.17) is 36.5 Å². The van der Waals surface area contributed by atoms with Crippen LogP contribution in [0.4, 0.5) is 11.8 Å². The normalized spacial score (nSPS) is 15.8. The lowest BCUT2D eigenvalue weighted by atomic mass is 9.93. The summed E-state index contributed by atoms with van der Waals surface area (Å²) < 4.78 is 16.7. The Morgan fingerprint density at radius 2 is 1.75 bits per heavy atom. The van der Waals surface area contributed by atoms with Crippen LogP contribution in [0.3, 0.4) is 0 Å². The monoisotopic (exact) mass is 457 g/mol. The Morgan fingerprint density at radius 1 is 1.06 bits per heavy atom. The molecule has 4 rings (SSSR count). The third kappa shape index (κ3) is 3.89. The molecule has 3 heterocycles. The molecule has 0 radical (unpaired) electrons. The number of rotatable bonds is 5. The summed E-state index contributed by atoms with van der Waals surface area (Å²) in [7, 11) is 4.96. The second-order valence-electron chi connectivity index (χ2n) is 8.23. The Morgan fingerprint density at radius 3 is 2.38 bits per heavy atom. The average molecular weight is 458 g/mol. The Hall–Kier alpha value is -2.84. The van der Waals surface area contributed by atoms with Crippen molar-refractivity contribution in [3.63, 3.8) is 0 Å². The first-order valence-electron chi connectivity index (χ1n) is 10.4. The van der Waals surface area contributed by atoms with E-state index in [2.05, 4.69) is 21.8 Å². The fourth-order valence-corrected chi connectivity index (χ4v) is 4.52. The number of aromatic nitrogens is 3. The number of halogens is 1. The highest BCUT2D eigenvalue weighted by molar-refractivity contribution is 6.35. The van der Waals surface area contributed by atoms with Gasteiger partial charge in [-0.1, -0.05) is 11.6 Å². The van der Waals surface area contributed by atoms with Crippen molar-refractivity contribution < 1.29 is 14.2 Å². The molecule has 1 aliphatic rings. The van der Waals surface area contributed by atoms with E-state index in [-0.39, 0.29) is 11.5 Å². The number of hydrogen-bond acceptors (Lipinski definition) is 8. The summed E-state index contributed by atoms with van der Waals surface area (Å²) in [5, 5.41) is 1.31. The molecule has 1 saturated heterocycles.